The summed E-state index contributed by atoms with van der Waals surface area (Å²) in [6.45, 7) is 2.80. The van der Waals surface area contributed by atoms with Gasteiger partial charge in [0.05, 0.1) is 5.92 Å². The number of rotatable bonds is 3. The molecule has 3 rings (SSSR count). The van der Waals surface area contributed by atoms with Crippen LogP contribution in [-0.4, -0.2) is 35.0 Å². The van der Waals surface area contributed by atoms with Crippen LogP contribution < -0.4 is 5.32 Å². The molecule has 2 amide bonds. The van der Waals surface area contributed by atoms with Crippen molar-refractivity contribution in [3.63, 3.8) is 0 Å². The highest BCUT2D eigenvalue weighted by Crippen LogP contribution is 2.21. The van der Waals surface area contributed by atoms with Gasteiger partial charge < -0.3 is 14.7 Å². The molecular weight excluding hydrogens is 330 g/mol. The molecule has 126 valence electrons. The van der Waals surface area contributed by atoms with Crippen LogP contribution in [0, 0.1) is 12.8 Å². The molecule has 7 heteroatoms. The molecule has 1 N–H and O–H groups in total. The minimum Gasteiger partial charge on any atom is -0.360 e. The van der Waals surface area contributed by atoms with E-state index in [4.69, 9.17) is 16.1 Å². The number of carbonyl (C=O) groups excluding carboxylic acids is 2. The fraction of sp³-hybridized carbons (Fsp3) is 0.353. The average Bonchev–Trinajstić information content (AvgIpc) is 3.00. The number of nitrogens with one attached hydrogen (secondary N) is 1. The first-order valence-electron chi connectivity index (χ1n) is 7.82. The van der Waals surface area contributed by atoms with Gasteiger partial charge in [-0.1, -0.05) is 16.8 Å². The molecular formula is C17H18ClN3O3. The Morgan fingerprint density at radius 1 is 1.33 bits per heavy atom. The van der Waals surface area contributed by atoms with Gasteiger partial charge >= 0.3 is 0 Å². The van der Waals surface area contributed by atoms with E-state index >= 15 is 0 Å². The number of hydrogen-bond donors (Lipinski definition) is 1. The number of anilines is 1. The van der Waals surface area contributed by atoms with E-state index < -0.39 is 0 Å². The third-order valence-electron chi connectivity index (χ3n) is 4.05. The van der Waals surface area contributed by atoms with Gasteiger partial charge in [0.15, 0.2) is 5.82 Å². The van der Waals surface area contributed by atoms with Gasteiger partial charge in [-0.25, -0.2) is 0 Å². The van der Waals surface area contributed by atoms with Crippen LogP contribution in [-0.2, 0) is 4.79 Å². The standard InChI is InChI=1S/C17H18ClN3O3/c1-11-9-15(20-24-11)19-16(22)13-3-2-8-21(10-13)17(23)12-4-6-14(18)7-5-12/h4-7,9,13H,2-3,8,10H2,1H3,(H,19,20,22)/t13-/m1/s1. The summed E-state index contributed by atoms with van der Waals surface area (Å²) in [5, 5.41) is 7.09. The molecule has 1 aliphatic rings. The molecule has 0 unspecified atom stereocenters. The van der Waals surface area contributed by atoms with E-state index in [1.54, 1.807) is 42.2 Å². The summed E-state index contributed by atoms with van der Waals surface area (Å²) >= 11 is 5.85. The molecule has 0 spiro atoms. The number of aromatic nitrogens is 1. The Balaban J connectivity index is 1.64. The lowest BCUT2D eigenvalue weighted by Crippen LogP contribution is -2.43. The van der Waals surface area contributed by atoms with Gasteiger partial charge in [-0.3, -0.25) is 9.59 Å². The van der Waals surface area contributed by atoms with E-state index in [2.05, 4.69) is 10.5 Å². The maximum Gasteiger partial charge on any atom is 0.253 e. The fourth-order valence-electron chi connectivity index (χ4n) is 2.80. The van der Waals surface area contributed by atoms with Crippen molar-refractivity contribution >= 4 is 29.2 Å². The lowest BCUT2D eigenvalue weighted by atomic mass is 9.96. The third-order valence-corrected chi connectivity index (χ3v) is 4.30. The van der Waals surface area contributed by atoms with E-state index in [0.29, 0.717) is 35.3 Å². The second kappa shape index (κ2) is 7.05. The predicted octanol–water partition coefficient (Wildman–Crippen LogP) is 3.13. The molecule has 0 bridgehead atoms. The van der Waals surface area contributed by atoms with Crippen molar-refractivity contribution in [3.05, 3.63) is 46.7 Å². The number of likely N-dealkylation sites (tertiary alicyclic amines) is 1. The molecule has 1 atom stereocenters. The first-order chi connectivity index (χ1) is 11.5. The van der Waals surface area contributed by atoms with Gasteiger partial charge in [0.25, 0.3) is 5.91 Å². The van der Waals surface area contributed by atoms with E-state index in [-0.39, 0.29) is 17.7 Å². The number of aryl methyl sites for hydroxylation is 1. The molecule has 1 saturated heterocycles. The van der Waals surface area contributed by atoms with Crippen LogP contribution in [0.15, 0.2) is 34.9 Å². The summed E-state index contributed by atoms with van der Waals surface area (Å²) in [5.41, 5.74) is 0.576. The Bertz CT molecular complexity index is 742. The highest BCUT2D eigenvalue weighted by atomic mass is 35.5. The van der Waals surface area contributed by atoms with Crippen molar-refractivity contribution in [3.8, 4) is 0 Å². The van der Waals surface area contributed by atoms with E-state index in [0.717, 1.165) is 12.8 Å². The molecule has 1 aromatic heterocycles. The average molecular weight is 348 g/mol. The van der Waals surface area contributed by atoms with Gasteiger partial charge in [-0.15, -0.1) is 0 Å². The van der Waals surface area contributed by atoms with Crippen molar-refractivity contribution in [2.24, 2.45) is 5.92 Å². The maximum absolute atomic E-state index is 12.6. The molecule has 1 fully saturated rings. The topological polar surface area (TPSA) is 75.4 Å². The van der Waals surface area contributed by atoms with Crippen molar-refractivity contribution < 1.29 is 14.1 Å². The molecule has 0 aliphatic carbocycles. The van der Waals surface area contributed by atoms with Crippen molar-refractivity contribution in [1.82, 2.24) is 10.1 Å². The molecule has 6 nitrogen and oxygen atoms in total. The third kappa shape index (κ3) is 3.76. The largest absolute Gasteiger partial charge is 0.360 e. The van der Waals surface area contributed by atoms with E-state index in [9.17, 15) is 9.59 Å². The number of nitrogens with zero attached hydrogens (tertiary/aromatic N) is 2. The molecule has 0 radical (unpaired) electrons. The monoisotopic (exact) mass is 347 g/mol. The molecule has 0 saturated carbocycles. The smallest absolute Gasteiger partial charge is 0.253 e. The first kappa shape index (κ1) is 16.5. The Kier molecular flexibility index (Phi) is 4.85. The normalized spacial score (nSPS) is 17.6. The van der Waals surface area contributed by atoms with Gasteiger partial charge in [0.2, 0.25) is 5.91 Å². The van der Waals surface area contributed by atoms with Gasteiger partial charge in [0.1, 0.15) is 5.76 Å². The highest BCUT2D eigenvalue weighted by Gasteiger charge is 2.29. The molecule has 1 aliphatic heterocycles. The van der Waals surface area contributed by atoms with Crippen molar-refractivity contribution in [2.75, 3.05) is 18.4 Å². The van der Waals surface area contributed by atoms with Crippen LogP contribution >= 0.6 is 11.6 Å². The second-order valence-corrected chi connectivity index (χ2v) is 6.35. The zero-order chi connectivity index (χ0) is 17.1. The number of benzene rings is 1. The van der Waals surface area contributed by atoms with E-state index in [1.807, 2.05) is 0 Å². The SMILES string of the molecule is Cc1cc(NC(=O)[C@@H]2CCCN(C(=O)c3ccc(Cl)cc3)C2)no1. The van der Waals surface area contributed by atoms with Crippen molar-refractivity contribution in [1.29, 1.82) is 0 Å². The fourth-order valence-corrected chi connectivity index (χ4v) is 2.93. The van der Waals surface area contributed by atoms with Gasteiger partial charge in [-0.05, 0) is 44.0 Å². The first-order valence-corrected chi connectivity index (χ1v) is 8.20. The van der Waals surface area contributed by atoms with Gasteiger partial charge in [0, 0.05) is 29.7 Å². The summed E-state index contributed by atoms with van der Waals surface area (Å²) in [6.07, 6.45) is 1.53. The van der Waals surface area contributed by atoms with Crippen LogP contribution in [0.4, 0.5) is 5.82 Å². The second-order valence-electron chi connectivity index (χ2n) is 5.91. The zero-order valence-corrected chi connectivity index (χ0v) is 14.0. The number of piperidine rings is 1. The number of carbonyl (C=O) groups is 2. The number of amides is 2. The number of hydrogen-bond acceptors (Lipinski definition) is 4. The Hall–Kier alpha value is -2.34. The summed E-state index contributed by atoms with van der Waals surface area (Å²) in [5.74, 6) is 0.553. The lowest BCUT2D eigenvalue weighted by molar-refractivity contribution is -0.121. The van der Waals surface area contributed by atoms with Crippen LogP contribution in [0.3, 0.4) is 0 Å². The van der Waals surface area contributed by atoms with Crippen LogP contribution in [0.2, 0.25) is 5.02 Å². The lowest BCUT2D eigenvalue weighted by Gasteiger charge is -2.32. The molecule has 2 aromatic rings. The molecule has 2 heterocycles. The van der Waals surface area contributed by atoms with Crippen LogP contribution in [0.1, 0.15) is 29.0 Å². The maximum atomic E-state index is 12.6. The molecule has 1 aromatic carbocycles. The van der Waals surface area contributed by atoms with E-state index in [1.165, 1.54) is 0 Å². The molecule has 24 heavy (non-hydrogen) atoms. The minimum absolute atomic E-state index is 0.0820. The quantitative estimate of drug-likeness (QED) is 0.925. The Morgan fingerprint density at radius 2 is 2.08 bits per heavy atom. The minimum atomic E-state index is -0.257. The van der Waals surface area contributed by atoms with Crippen LogP contribution in [0.25, 0.3) is 0 Å². The summed E-state index contributed by atoms with van der Waals surface area (Å²) in [7, 11) is 0. The summed E-state index contributed by atoms with van der Waals surface area (Å²) < 4.78 is 4.94. The van der Waals surface area contributed by atoms with Crippen LogP contribution in [0.5, 0.6) is 0 Å². The predicted molar refractivity (Wildman–Crippen MR) is 89.9 cm³/mol. The van der Waals surface area contributed by atoms with Crippen molar-refractivity contribution in [2.45, 2.75) is 19.8 Å². The van der Waals surface area contributed by atoms with Gasteiger partial charge in [-0.2, -0.15) is 0 Å². The Labute approximate surface area is 144 Å². The summed E-state index contributed by atoms with van der Waals surface area (Å²) in [6, 6.07) is 8.45. The summed E-state index contributed by atoms with van der Waals surface area (Å²) in [4.78, 5) is 26.7. The number of halogens is 1. The zero-order valence-electron chi connectivity index (χ0n) is 13.3. The highest BCUT2D eigenvalue weighted by molar-refractivity contribution is 6.30. The Morgan fingerprint density at radius 3 is 2.75 bits per heavy atom.